The third kappa shape index (κ3) is 2.50. The SMILES string of the molecule is CC1CN(C(=O)c2ccc(O)cc2)CCS1. The Morgan fingerprint density at radius 2 is 2.12 bits per heavy atom. The maximum atomic E-state index is 12.1. The van der Waals surface area contributed by atoms with Crippen molar-refractivity contribution in [2.45, 2.75) is 12.2 Å². The molecule has 16 heavy (non-hydrogen) atoms. The number of amides is 1. The Bertz CT molecular complexity index is 377. The van der Waals surface area contributed by atoms with Gasteiger partial charge in [-0.15, -0.1) is 0 Å². The van der Waals surface area contributed by atoms with Crippen LogP contribution in [0.5, 0.6) is 5.75 Å². The molecule has 1 aromatic carbocycles. The maximum Gasteiger partial charge on any atom is 0.253 e. The predicted molar refractivity (Wildman–Crippen MR) is 65.9 cm³/mol. The topological polar surface area (TPSA) is 40.5 Å². The van der Waals surface area contributed by atoms with Crippen LogP contribution >= 0.6 is 11.8 Å². The summed E-state index contributed by atoms with van der Waals surface area (Å²) in [6.45, 7) is 3.76. The number of phenolic OH excluding ortho intramolecular Hbond substituents is 1. The van der Waals surface area contributed by atoms with Crippen LogP contribution in [0, 0.1) is 0 Å². The van der Waals surface area contributed by atoms with Gasteiger partial charge in [0.2, 0.25) is 0 Å². The lowest BCUT2D eigenvalue weighted by atomic mass is 10.2. The summed E-state index contributed by atoms with van der Waals surface area (Å²) in [5.41, 5.74) is 0.650. The van der Waals surface area contributed by atoms with E-state index >= 15 is 0 Å². The van der Waals surface area contributed by atoms with E-state index in [1.54, 1.807) is 24.3 Å². The molecule has 0 radical (unpaired) electrons. The maximum absolute atomic E-state index is 12.1. The first-order valence-corrected chi connectivity index (χ1v) is 6.41. The minimum Gasteiger partial charge on any atom is -0.508 e. The van der Waals surface area contributed by atoms with Crippen molar-refractivity contribution in [1.29, 1.82) is 0 Å². The number of rotatable bonds is 1. The summed E-state index contributed by atoms with van der Waals surface area (Å²) in [5, 5.41) is 9.67. The highest BCUT2D eigenvalue weighted by molar-refractivity contribution is 7.99. The van der Waals surface area contributed by atoms with Crippen LogP contribution < -0.4 is 0 Å². The molecule has 2 rings (SSSR count). The van der Waals surface area contributed by atoms with Gasteiger partial charge in [0.15, 0.2) is 0 Å². The summed E-state index contributed by atoms with van der Waals surface area (Å²) in [7, 11) is 0. The summed E-state index contributed by atoms with van der Waals surface area (Å²) >= 11 is 1.90. The Morgan fingerprint density at radius 3 is 2.75 bits per heavy atom. The quantitative estimate of drug-likeness (QED) is 0.812. The van der Waals surface area contributed by atoms with Gasteiger partial charge in [-0.25, -0.2) is 0 Å². The Kier molecular flexibility index (Phi) is 3.39. The van der Waals surface area contributed by atoms with E-state index in [0.717, 1.165) is 18.8 Å². The Hall–Kier alpha value is -1.16. The fraction of sp³-hybridized carbons (Fsp3) is 0.417. The first-order chi connectivity index (χ1) is 7.66. The van der Waals surface area contributed by atoms with Crippen molar-refractivity contribution in [3.63, 3.8) is 0 Å². The van der Waals surface area contributed by atoms with Crippen molar-refractivity contribution in [3.8, 4) is 5.75 Å². The van der Waals surface area contributed by atoms with Crippen molar-refractivity contribution < 1.29 is 9.90 Å². The first kappa shape index (κ1) is 11.3. The normalized spacial score (nSPS) is 20.8. The van der Waals surface area contributed by atoms with Gasteiger partial charge in [-0.1, -0.05) is 6.92 Å². The number of hydrogen-bond donors (Lipinski definition) is 1. The Morgan fingerprint density at radius 1 is 1.44 bits per heavy atom. The Labute approximate surface area is 99.5 Å². The zero-order chi connectivity index (χ0) is 11.5. The van der Waals surface area contributed by atoms with Crippen LogP contribution in [0.1, 0.15) is 17.3 Å². The van der Waals surface area contributed by atoms with Gasteiger partial charge in [-0.05, 0) is 24.3 Å². The van der Waals surface area contributed by atoms with Gasteiger partial charge in [0.1, 0.15) is 5.75 Å². The molecule has 0 saturated carbocycles. The van der Waals surface area contributed by atoms with Gasteiger partial charge < -0.3 is 10.0 Å². The predicted octanol–water partition coefficient (Wildman–Crippen LogP) is 1.97. The number of aromatic hydroxyl groups is 1. The van der Waals surface area contributed by atoms with E-state index in [-0.39, 0.29) is 11.7 Å². The molecule has 0 spiro atoms. The van der Waals surface area contributed by atoms with Crippen LogP contribution in [0.4, 0.5) is 0 Å². The molecule has 1 fully saturated rings. The molecule has 1 unspecified atom stereocenters. The summed E-state index contributed by atoms with van der Waals surface area (Å²) in [6.07, 6.45) is 0. The van der Waals surface area contributed by atoms with Crippen molar-refractivity contribution in [2.24, 2.45) is 0 Å². The highest BCUT2D eigenvalue weighted by Gasteiger charge is 2.22. The van der Waals surface area contributed by atoms with Gasteiger partial charge in [-0.3, -0.25) is 4.79 Å². The molecule has 0 aromatic heterocycles. The molecule has 1 amide bonds. The molecule has 86 valence electrons. The fourth-order valence-electron chi connectivity index (χ4n) is 1.79. The number of benzene rings is 1. The van der Waals surface area contributed by atoms with Gasteiger partial charge in [0.05, 0.1) is 0 Å². The largest absolute Gasteiger partial charge is 0.508 e. The van der Waals surface area contributed by atoms with Crippen molar-refractivity contribution >= 4 is 17.7 Å². The monoisotopic (exact) mass is 237 g/mol. The third-order valence-electron chi connectivity index (χ3n) is 2.64. The molecular weight excluding hydrogens is 222 g/mol. The summed E-state index contributed by atoms with van der Waals surface area (Å²) < 4.78 is 0. The number of thioether (sulfide) groups is 1. The smallest absolute Gasteiger partial charge is 0.253 e. The van der Waals surface area contributed by atoms with Crippen molar-refractivity contribution in [1.82, 2.24) is 4.90 Å². The number of hydrogen-bond acceptors (Lipinski definition) is 3. The zero-order valence-corrected chi connectivity index (χ0v) is 10.0. The number of phenols is 1. The van der Waals surface area contributed by atoms with E-state index in [1.807, 2.05) is 16.7 Å². The second-order valence-corrected chi connectivity index (χ2v) is 5.53. The standard InChI is InChI=1S/C12H15NO2S/c1-9-8-13(6-7-16-9)12(15)10-2-4-11(14)5-3-10/h2-5,9,14H,6-8H2,1H3. The molecular formula is C12H15NO2S. The van der Waals surface area contributed by atoms with Crippen LogP contribution in [-0.4, -0.2) is 40.0 Å². The molecule has 0 aliphatic carbocycles. The van der Waals surface area contributed by atoms with E-state index < -0.39 is 0 Å². The molecule has 1 aliphatic heterocycles. The summed E-state index contributed by atoms with van der Waals surface area (Å²) in [4.78, 5) is 14.0. The lowest BCUT2D eigenvalue weighted by Crippen LogP contribution is -2.40. The van der Waals surface area contributed by atoms with Crippen LogP contribution in [0.15, 0.2) is 24.3 Å². The molecule has 1 heterocycles. The summed E-state index contributed by atoms with van der Waals surface area (Å²) in [6, 6.07) is 6.44. The van der Waals surface area contributed by atoms with E-state index in [2.05, 4.69) is 6.92 Å². The molecule has 1 N–H and O–H groups in total. The lowest BCUT2D eigenvalue weighted by molar-refractivity contribution is 0.0763. The minimum absolute atomic E-state index is 0.0622. The fourth-order valence-corrected chi connectivity index (χ4v) is 2.80. The molecule has 1 aromatic rings. The highest BCUT2D eigenvalue weighted by atomic mass is 32.2. The number of carbonyl (C=O) groups excluding carboxylic acids is 1. The highest BCUT2D eigenvalue weighted by Crippen LogP contribution is 2.20. The molecule has 1 aliphatic rings. The van der Waals surface area contributed by atoms with Crippen molar-refractivity contribution in [2.75, 3.05) is 18.8 Å². The van der Waals surface area contributed by atoms with E-state index in [0.29, 0.717) is 10.8 Å². The Balaban J connectivity index is 2.09. The van der Waals surface area contributed by atoms with Gasteiger partial charge >= 0.3 is 0 Å². The van der Waals surface area contributed by atoms with Gasteiger partial charge in [0.25, 0.3) is 5.91 Å². The first-order valence-electron chi connectivity index (χ1n) is 5.37. The molecule has 1 saturated heterocycles. The number of nitrogens with zero attached hydrogens (tertiary/aromatic N) is 1. The number of carbonyl (C=O) groups is 1. The molecule has 3 nitrogen and oxygen atoms in total. The third-order valence-corrected chi connectivity index (χ3v) is 3.78. The average Bonchev–Trinajstić information content (AvgIpc) is 2.29. The second kappa shape index (κ2) is 4.78. The average molecular weight is 237 g/mol. The summed E-state index contributed by atoms with van der Waals surface area (Å²) in [5.74, 6) is 1.26. The zero-order valence-electron chi connectivity index (χ0n) is 9.22. The van der Waals surface area contributed by atoms with Gasteiger partial charge in [0, 0.05) is 29.7 Å². The van der Waals surface area contributed by atoms with Gasteiger partial charge in [-0.2, -0.15) is 11.8 Å². The van der Waals surface area contributed by atoms with E-state index in [4.69, 9.17) is 5.11 Å². The molecule has 1 atom stereocenters. The van der Waals surface area contributed by atoms with Crippen LogP contribution in [-0.2, 0) is 0 Å². The van der Waals surface area contributed by atoms with Crippen molar-refractivity contribution in [3.05, 3.63) is 29.8 Å². The van der Waals surface area contributed by atoms with Crippen LogP contribution in [0.3, 0.4) is 0 Å². The minimum atomic E-state index is 0.0622. The lowest BCUT2D eigenvalue weighted by Gasteiger charge is -2.30. The van der Waals surface area contributed by atoms with E-state index in [1.165, 1.54) is 0 Å². The van der Waals surface area contributed by atoms with Crippen LogP contribution in [0.2, 0.25) is 0 Å². The second-order valence-electron chi connectivity index (χ2n) is 3.98. The van der Waals surface area contributed by atoms with E-state index in [9.17, 15) is 4.79 Å². The molecule has 0 bridgehead atoms. The molecule has 4 heteroatoms. The van der Waals surface area contributed by atoms with Crippen LogP contribution in [0.25, 0.3) is 0 Å².